The van der Waals surface area contributed by atoms with E-state index >= 15 is 0 Å². The normalized spacial score (nSPS) is 16.0. The predicted octanol–water partition coefficient (Wildman–Crippen LogP) is 1.12. The SMILES string of the molecule is CCOC(=O)CN(CC(C)(C)C(=O)O)C1CC1. The van der Waals surface area contributed by atoms with Gasteiger partial charge in [-0.3, -0.25) is 14.5 Å². The van der Waals surface area contributed by atoms with Gasteiger partial charge >= 0.3 is 11.9 Å². The van der Waals surface area contributed by atoms with Crippen LogP contribution in [0.25, 0.3) is 0 Å². The van der Waals surface area contributed by atoms with Gasteiger partial charge in [-0.15, -0.1) is 0 Å². The molecule has 0 aromatic carbocycles. The van der Waals surface area contributed by atoms with E-state index in [1.807, 2.05) is 4.90 Å². The summed E-state index contributed by atoms with van der Waals surface area (Å²) in [6.45, 7) is 6.05. The first-order valence-electron chi connectivity index (χ1n) is 6.00. The Bertz CT molecular complexity index is 297. The van der Waals surface area contributed by atoms with Crippen LogP contribution in [0.4, 0.5) is 0 Å². The molecule has 1 fully saturated rings. The average Bonchev–Trinajstić information content (AvgIpc) is 2.99. The van der Waals surface area contributed by atoms with Crippen LogP contribution in [0.15, 0.2) is 0 Å². The summed E-state index contributed by atoms with van der Waals surface area (Å²) in [4.78, 5) is 24.4. The summed E-state index contributed by atoms with van der Waals surface area (Å²) in [6.07, 6.45) is 2.07. The van der Waals surface area contributed by atoms with Crippen LogP contribution in [0.2, 0.25) is 0 Å². The number of ether oxygens (including phenoxy) is 1. The van der Waals surface area contributed by atoms with Crippen molar-refractivity contribution in [2.75, 3.05) is 19.7 Å². The van der Waals surface area contributed by atoms with Crippen LogP contribution in [0.5, 0.6) is 0 Å². The molecule has 0 bridgehead atoms. The van der Waals surface area contributed by atoms with Crippen LogP contribution in [-0.2, 0) is 14.3 Å². The first-order valence-corrected chi connectivity index (χ1v) is 6.00. The lowest BCUT2D eigenvalue weighted by atomic mass is 9.93. The fourth-order valence-corrected chi connectivity index (χ4v) is 1.70. The molecule has 0 aromatic heterocycles. The van der Waals surface area contributed by atoms with E-state index in [2.05, 4.69) is 0 Å². The van der Waals surface area contributed by atoms with Crippen molar-refractivity contribution < 1.29 is 19.4 Å². The number of aliphatic carboxylic acids is 1. The maximum atomic E-state index is 11.4. The molecule has 1 rings (SSSR count). The lowest BCUT2D eigenvalue weighted by molar-refractivity contribution is -0.151. The molecule has 0 amide bonds. The maximum Gasteiger partial charge on any atom is 0.320 e. The van der Waals surface area contributed by atoms with Gasteiger partial charge in [0.15, 0.2) is 0 Å². The van der Waals surface area contributed by atoms with Gasteiger partial charge in [-0.1, -0.05) is 0 Å². The van der Waals surface area contributed by atoms with Gasteiger partial charge < -0.3 is 9.84 Å². The van der Waals surface area contributed by atoms with E-state index in [0.29, 0.717) is 19.2 Å². The molecule has 0 radical (unpaired) electrons. The second-order valence-electron chi connectivity index (χ2n) is 5.13. The summed E-state index contributed by atoms with van der Waals surface area (Å²) in [5, 5.41) is 9.09. The molecule has 0 unspecified atom stereocenters. The Morgan fingerprint density at radius 1 is 1.41 bits per heavy atom. The molecule has 5 heteroatoms. The Balaban J connectivity index is 2.55. The van der Waals surface area contributed by atoms with E-state index in [-0.39, 0.29) is 12.5 Å². The fraction of sp³-hybridized carbons (Fsp3) is 0.833. The number of hydrogen-bond acceptors (Lipinski definition) is 4. The van der Waals surface area contributed by atoms with Crippen LogP contribution in [0.1, 0.15) is 33.6 Å². The summed E-state index contributed by atoms with van der Waals surface area (Å²) in [5.74, 6) is -1.12. The second-order valence-corrected chi connectivity index (χ2v) is 5.13. The van der Waals surface area contributed by atoms with E-state index in [1.165, 1.54) is 0 Å². The summed E-state index contributed by atoms with van der Waals surface area (Å²) >= 11 is 0. The van der Waals surface area contributed by atoms with E-state index in [4.69, 9.17) is 9.84 Å². The van der Waals surface area contributed by atoms with E-state index in [0.717, 1.165) is 12.8 Å². The monoisotopic (exact) mass is 243 g/mol. The van der Waals surface area contributed by atoms with E-state index < -0.39 is 11.4 Å². The molecule has 0 saturated heterocycles. The minimum atomic E-state index is -0.841. The molecule has 0 spiro atoms. The first kappa shape index (κ1) is 14.0. The number of nitrogens with zero attached hydrogens (tertiary/aromatic N) is 1. The summed E-state index contributed by atoms with van der Waals surface area (Å²) in [6, 6.07) is 0.345. The van der Waals surface area contributed by atoms with Crippen LogP contribution in [0, 0.1) is 5.41 Å². The van der Waals surface area contributed by atoms with Gasteiger partial charge in [0.25, 0.3) is 0 Å². The highest BCUT2D eigenvalue weighted by molar-refractivity contribution is 5.74. The van der Waals surface area contributed by atoms with Gasteiger partial charge in [0.05, 0.1) is 18.6 Å². The molecule has 1 saturated carbocycles. The van der Waals surface area contributed by atoms with E-state index in [9.17, 15) is 9.59 Å². The summed E-state index contributed by atoms with van der Waals surface area (Å²) < 4.78 is 4.90. The second kappa shape index (κ2) is 5.49. The highest BCUT2D eigenvalue weighted by Crippen LogP contribution is 2.30. The van der Waals surface area contributed by atoms with Crippen molar-refractivity contribution in [1.29, 1.82) is 0 Å². The fourth-order valence-electron chi connectivity index (χ4n) is 1.70. The molecule has 1 N–H and O–H groups in total. The molecule has 17 heavy (non-hydrogen) atoms. The van der Waals surface area contributed by atoms with Gasteiger partial charge in [0.2, 0.25) is 0 Å². The number of carboxylic acids is 1. The Kier molecular flexibility index (Phi) is 4.51. The number of carbonyl (C=O) groups excluding carboxylic acids is 1. The average molecular weight is 243 g/mol. The zero-order valence-corrected chi connectivity index (χ0v) is 10.7. The Morgan fingerprint density at radius 2 is 2.00 bits per heavy atom. The molecular weight excluding hydrogens is 222 g/mol. The number of carbonyl (C=O) groups is 2. The molecule has 0 aliphatic heterocycles. The van der Waals surface area contributed by atoms with Crippen LogP contribution < -0.4 is 0 Å². The summed E-state index contributed by atoms with van der Waals surface area (Å²) in [7, 11) is 0. The van der Waals surface area contributed by atoms with Gasteiger partial charge in [-0.05, 0) is 33.6 Å². The minimum Gasteiger partial charge on any atom is -0.481 e. The number of rotatable bonds is 7. The number of esters is 1. The maximum absolute atomic E-state index is 11.4. The first-order chi connectivity index (χ1) is 7.86. The molecule has 0 aromatic rings. The highest BCUT2D eigenvalue weighted by Gasteiger charge is 2.37. The molecule has 0 heterocycles. The largest absolute Gasteiger partial charge is 0.481 e. The van der Waals surface area contributed by atoms with Crippen molar-refractivity contribution in [3.05, 3.63) is 0 Å². The number of hydrogen-bond donors (Lipinski definition) is 1. The van der Waals surface area contributed by atoms with Gasteiger partial charge in [-0.2, -0.15) is 0 Å². The van der Waals surface area contributed by atoms with Gasteiger partial charge in [0, 0.05) is 12.6 Å². The molecule has 1 aliphatic carbocycles. The smallest absolute Gasteiger partial charge is 0.320 e. The molecule has 0 atom stereocenters. The Labute approximate surface area is 102 Å². The van der Waals surface area contributed by atoms with Crippen molar-refractivity contribution in [3.8, 4) is 0 Å². The molecular formula is C12H21NO4. The third kappa shape index (κ3) is 4.34. The Morgan fingerprint density at radius 3 is 2.41 bits per heavy atom. The van der Waals surface area contributed by atoms with Crippen molar-refractivity contribution >= 4 is 11.9 Å². The van der Waals surface area contributed by atoms with E-state index in [1.54, 1.807) is 20.8 Å². The van der Waals surface area contributed by atoms with Crippen molar-refractivity contribution in [2.24, 2.45) is 5.41 Å². The topological polar surface area (TPSA) is 66.8 Å². The van der Waals surface area contributed by atoms with Crippen molar-refractivity contribution in [2.45, 2.75) is 39.7 Å². The number of carboxylic acid groups (broad SMARTS) is 1. The highest BCUT2D eigenvalue weighted by atomic mass is 16.5. The van der Waals surface area contributed by atoms with Crippen molar-refractivity contribution in [3.63, 3.8) is 0 Å². The predicted molar refractivity (Wildman–Crippen MR) is 62.6 cm³/mol. The van der Waals surface area contributed by atoms with Crippen LogP contribution in [0.3, 0.4) is 0 Å². The molecule has 5 nitrogen and oxygen atoms in total. The Hall–Kier alpha value is -1.10. The quantitative estimate of drug-likeness (QED) is 0.679. The lowest BCUT2D eigenvalue weighted by Crippen LogP contribution is -2.43. The van der Waals surface area contributed by atoms with Crippen LogP contribution >= 0.6 is 0 Å². The third-order valence-corrected chi connectivity index (χ3v) is 2.88. The summed E-state index contributed by atoms with van der Waals surface area (Å²) in [5.41, 5.74) is -0.838. The third-order valence-electron chi connectivity index (χ3n) is 2.88. The van der Waals surface area contributed by atoms with Crippen molar-refractivity contribution in [1.82, 2.24) is 4.90 Å². The molecule has 1 aliphatic rings. The van der Waals surface area contributed by atoms with Gasteiger partial charge in [0.1, 0.15) is 0 Å². The lowest BCUT2D eigenvalue weighted by Gasteiger charge is -2.28. The van der Waals surface area contributed by atoms with Gasteiger partial charge in [-0.25, -0.2) is 0 Å². The zero-order chi connectivity index (χ0) is 13.1. The van der Waals surface area contributed by atoms with Crippen LogP contribution in [-0.4, -0.2) is 47.7 Å². The minimum absolute atomic E-state index is 0.190. The molecule has 98 valence electrons. The zero-order valence-electron chi connectivity index (χ0n) is 10.7. The standard InChI is InChI=1S/C12H21NO4/c1-4-17-10(14)7-13(9-5-6-9)8-12(2,3)11(15)16/h9H,4-8H2,1-3H3,(H,15,16).